The smallest absolute Gasteiger partial charge is 0.0629 e. The van der Waals surface area contributed by atoms with Crippen molar-refractivity contribution >= 4 is 11.8 Å². The fourth-order valence-corrected chi connectivity index (χ4v) is 3.09. The molecule has 1 aromatic carbocycles. The molecule has 0 saturated carbocycles. The maximum absolute atomic E-state index is 5.58. The maximum atomic E-state index is 5.58. The molecule has 0 fully saturated rings. The zero-order chi connectivity index (χ0) is 13.4. The predicted octanol–water partition coefficient (Wildman–Crippen LogP) is 3.85. The summed E-state index contributed by atoms with van der Waals surface area (Å²) in [7, 11) is 3.52. The highest BCUT2D eigenvalue weighted by Gasteiger charge is 2.23. The summed E-state index contributed by atoms with van der Waals surface area (Å²) >= 11 is 1.91. The third-order valence-electron chi connectivity index (χ3n) is 3.30. The minimum absolute atomic E-state index is 0.260. The van der Waals surface area contributed by atoms with Crippen LogP contribution in [0.2, 0.25) is 0 Å². The van der Waals surface area contributed by atoms with Crippen molar-refractivity contribution in [2.24, 2.45) is 5.92 Å². The quantitative estimate of drug-likeness (QED) is 0.667. The van der Waals surface area contributed by atoms with Crippen LogP contribution < -0.4 is 0 Å². The normalized spacial score (nSPS) is 16.2. The van der Waals surface area contributed by atoms with Gasteiger partial charge in [0.05, 0.1) is 6.10 Å². The molecule has 0 spiro atoms. The third kappa shape index (κ3) is 5.01. The van der Waals surface area contributed by atoms with Crippen molar-refractivity contribution in [2.45, 2.75) is 36.5 Å². The molecule has 3 atom stereocenters. The Morgan fingerprint density at radius 1 is 1.11 bits per heavy atom. The summed E-state index contributed by atoms with van der Waals surface area (Å²) in [5, 5.41) is 0.522. The van der Waals surface area contributed by atoms with Crippen molar-refractivity contribution in [1.29, 1.82) is 0 Å². The van der Waals surface area contributed by atoms with Crippen LogP contribution in [0.5, 0.6) is 0 Å². The van der Waals surface area contributed by atoms with Gasteiger partial charge < -0.3 is 9.47 Å². The SMILES string of the molecule is COCCC(OC)C(C)C(C)Sc1ccccc1. The first kappa shape index (κ1) is 15.5. The number of thioether (sulfide) groups is 1. The predicted molar refractivity (Wildman–Crippen MR) is 78.2 cm³/mol. The van der Waals surface area contributed by atoms with Crippen molar-refractivity contribution in [1.82, 2.24) is 0 Å². The van der Waals surface area contributed by atoms with Gasteiger partial charge in [-0.25, -0.2) is 0 Å². The summed E-state index contributed by atoms with van der Waals surface area (Å²) in [6, 6.07) is 10.5. The van der Waals surface area contributed by atoms with E-state index in [1.807, 2.05) is 11.8 Å². The van der Waals surface area contributed by atoms with E-state index in [1.54, 1.807) is 14.2 Å². The van der Waals surface area contributed by atoms with Crippen LogP contribution in [0.15, 0.2) is 35.2 Å². The van der Waals surface area contributed by atoms with E-state index in [4.69, 9.17) is 9.47 Å². The van der Waals surface area contributed by atoms with Gasteiger partial charge in [-0.15, -0.1) is 11.8 Å². The molecule has 0 heterocycles. The number of ether oxygens (including phenoxy) is 2. The second-order valence-electron chi connectivity index (χ2n) is 4.55. The molecular formula is C15H24O2S. The molecule has 1 rings (SSSR count). The Balaban J connectivity index is 2.51. The summed E-state index contributed by atoms with van der Waals surface area (Å²) in [4.78, 5) is 1.32. The van der Waals surface area contributed by atoms with Crippen molar-refractivity contribution in [3.05, 3.63) is 30.3 Å². The lowest BCUT2D eigenvalue weighted by atomic mass is 9.99. The number of hydrogen-bond acceptors (Lipinski definition) is 3. The highest BCUT2D eigenvalue weighted by atomic mass is 32.2. The Hall–Kier alpha value is -0.510. The van der Waals surface area contributed by atoms with Crippen molar-refractivity contribution in [3.8, 4) is 0 Å². The Kier molecular flexibility index (Phi) is 7.40. The van der Waals surface area contributed by atoms with E-state index in [2.05, 4.69) is 44.2 Å². The molecule has 102 valence electrons. The molecule has 0 aliphatic rings. The fourth-order valence-electron chi connectivity index (χ4n) is 1.95. The number of methoxy groups -OCH3 is 2. The zero-order valence-corrected chi connectivity index (χ0v) is 12.6. The summed E-state index contributed by atoms with van der Waals surface area (Å²) in [6.07, 6.45) is 1.21. The van der Waals surface area contributed by atoms with Gasteiger partial charge in [-0.1, -0.05) is 32.0 Å². The van der Waals surface area contributed by atoms with Crippen LogP contribution >= 0.6 is 11.8 Å². The van der Waals surface area contributed by atoms with E-state index in [9.17, 15) is 0 Å². The van der Waals surface area contributed by atoms with Gasteiger partial charge in [0, 0.05) is 31.0 Å². The minimum atomic E-state index is 0.260. The molecule has 0 bridgehead atoms. The maximum Gasteiger partial charge on any atom is 0.0629 e. The zero-order valence-electron chi connectivity index (χ0n) is 11.8. The van der Waals surface area contributed by atoms with E-state index in [1.165, 1.54) is 4.90 Å². The Bertz CT molecular complexity index is 316. The van der Waals surface area contributed by atoms with Crippen LogP contribution in [-0.4, -0.2) is 32.2 Å². The van der Waals surface area contributed by atoms with E-state index in [0.717, 1.165) is 13.0 Å². The molecule has 0 aliphatic heterocycles. The molecule has 2 nitrogen and oxygen atoms in total. The monoisotopic (exact) mass is 268 g/mol. The summed E-state index contributed by atoms with van der Waals surface area (Å²) in [6.45, 7) is 5.27. The molecule has 3 unspecified atom stereocenters. The van der Waals surface area contributed by atoms with E-state index in [0.29, 0.717) is 11.2 Å². The molecule has 0 amide bonds. The van der Waals surface area contributed by atoms with Crippen LogP contribution in [0.3, 0.4) is 0 Å². The van der Waals surface area contributed by atoms with Crippen molar-refractivity contribution in [2.75, 3.05) is 20.8 Å². The molecule has 18 heavy (non-hydrogen) atoms. The molecular weight excluding hydrogens is 244 g/mol. The molecule has 0 saturated heterocycles. The van der Waals surface area contributed by atoms with Gasteiger partial charge in [0.1, 0.15) is 0 Å². The number of rotatable bonds is 8. The summed E-state index contributed by atoms with van der Waals surface area (Å²) < 4.78 is 10.7. The molecule has 0 aliphatic carbocycles. The summed E-state index contributed by atoms with van der Waals surface area (Å²) in [5.41, 5.74) is 0. The van der Waals surface area contributed by atoms with E-state index < -0.39 is 0 Å². The fraction of sp³-hybridized carbons (Fsp3) is 0.600. The Morgan fingerprint density at radius 3 is 2.33 bits per heavy atom. The average Bonchev–Trinajstić information content (AvgIpc) is 2.40. The van der Waals surface area contributed by atoms with Gasteiger partial charge in [0.2, 0.25) is 0 Å². The van der Waals surface area contributed by atoms with Gasteiger partial charge >= 0.3 is 0 Å². The topological polar surface area (TPSA) is 18.5 Å². The second kappa shape index (κ2) is 8.57. The lowest BCUT2D eigenvalue weighted by Gasteiger charge is -2.27. The first-order valence-corrected chi connectivity index (χ1v) is 7.30. The highest BCUT2D eigenvalue weighted by molar-refractivity contribution is 8.00. The first-order chi connectivity index (χ1) is 8.69. The number of hydrogen-bond donors (Lipinski definition) is 0. The van der Waals surface area contributed by atoms with Crippen LogP contribution in [0.25, 0.3) is 0 Å². The van der Waals surface area contributed by atoms with Gasteiger partial charge in [-0.05, 0) is 24.5 Å². The minimum Gasteiger partial charge on any atom is -0.385 e. The molecule has 1 aromatic rings. The Morgan fingerprint density at radius 2 is 1.78 bits per heavy atom. The van der Waals surface area contributed by atoms with E-state index >= 15 is 0 Å². The third-order valence-corrected chi connectivity index (χ3v) is 4.65. The van der Waals surface area contributed by atoms with Gasteiger partial charge in [0.15, 0.2) is 0 Å². The molecule has 0 radical (unpaired) electrons. The molecule has 3 heteroatoms. The largest absolute Gasteiger partial charge is 0.385 e. The van der Waals surface area contributed by atoms with Crippen LogP contribution in [-0.2, 0) is 9.47 Å². The first-order valence-electron chi connectivity index (χ1n) is 6.42. The molecule has 0 N–H and O–H groups in total. The van der Waals surface area contributed by atoms with Gasteiger partial charge in [-0.2, -0.15) is 0 Å². The van der Waals surface area contributed by atoms with Crippen molar-refractivity contribution in [3.63, 3.8) is 0 Å². The standard InChI is InChI=1S/C15H24O2S/c1-12(15(17-4)10-11-16-3)13(2)18-14-8-6-5-7-9-14/h5-9,12-13,15H,10-11H2,1-4H3. The van der Waals surface area contributed by atoms with Crippen LogP contribution in [0.1, 0.15) is 20.3 Å². The van der Waals surface area contributed by atoms with Crippen LogP contribution in [0.4, 0.5) is 0 Å². The van der Waals surface area contributed by atoms with Gasteiger partial charge in [0.25, 0.3) is 0 Å². The van der Waals surface area contributed by atoms with Gasteiger partial charge in [-0.3, -0.25) is 0 Å². The van der Waals surface area contributed by atoms with Crippen LogP contribution in [0, 0.1) is 5.92 Å². The average molecular weight is 268 g/mol. The second-order valence-corrected chi connectivity index (χ2v) is 6.00. The summed E-state index contributed by atoms with van der Waals surface area (Å²) in [5.74, 6) is 0.496. The Labute approximate surface area is 115 Å². The van der Waals surface area contributed by atoms with Crippen molar-refractivity contribution < 1.29 is 9.47 Å². The lowest BCUT2D eigenvalue weighted by Crippen LogP contribution is -2.28. The van der Waals surface area contributed by atoms with E-state index in [-0.39, 0.29) is 6.10 Å². The molecule has 0 aromatic heterocycles. The lowest BCUT2D eigenvalue weighted by molar-refractivity contribution is 0.0313. The number of benzene rings is 1. The highest BCUT2D eigenvalue weighted by Crippen LogP contribution is 2.30.